The smallest absolute Gasteiger partial charge is 0.352 e. The Morgan fingerprint density at radius 3 is 2.61 bits per heavy atom. The lowest BCUT2D eigenvalue weighted by atomic mass is 9.99. The normalized spacial score (nSPS) is 18.5. The van der Waals surface area contributed by atoms with Gasteiger partial charge in [-0.1, -0.05) is 11.6 Å². The topological polar surface area (TPSA) is 82.5 Å². The zero-order chi connectivity index (χ0) is 23.0. The lowest BCUT2D eigenvalue weighted by molar-refractivity contribution is -0.183. The molecule has 31 heavy (non-hydrogen) atoms. The molecular weight excluding hydrogens is 449 g/mol. The van der Waals surface area contributed by atoms with Crippen LogP contribution in [0.2, 0.25) is 5.15 Å². The third-order valence-corrected chi connectivity index (χ3v) is 4.88. The minimum atomic E-state index is -4.53. The van der Waals surface area contributed by atoms with Gasteiger partial charge in [-0.15, -0.1) is 0 Å². The third kappa shape index (κ3) is 4.77. The Morgan fingerprint density at radius 1 is 1.26 bits per heavy atom. The van der Waals surface area contributed by atoms with E-state index in [0.29, 0.717) is 12.1 Å². The molecule has 1 fully saturated rings. The van der Waals surface area contributed by atoms with Crippen molar-refractivity contribution in [2.75, 3.05) is 18.4 Å². The highest BCUT2D eigenvalue weighted by Crippen LogP contribution is 2.36. The van der Waals surface area contributed by atoms with Gasteiger partial charge in [-0.25, -0.2) is 18.2 Å². The van der Waals surface area contributed by atoms with Crippen molar-refractivity contribution < 1.29 is 36.6 Å². The maximum Gasteiger partial charge on any atom is 0.352 e. The number of aromatic nitrogens is 1. The van der Waals surface area contributed by atoms with E-state index < -0.39 is 66.2 Å². The number of hydrogen-bond donors (Lipinski definition) is 2. The summed E-state index contributed by atoms with van der Waals surface area (Å²) in [5.41, 5.74) is -1.66. The molecular formula is C19H15ClF5N3O3. The number of aliphatic hydroxyl groups excluding tert-OH is 1. The van der Waals surface area contributed by atoms with E-state index in [9.17, 15) is 36.6 Å². The van der Waals surface area contributed by atoms with E-state index in [2.05, 4.69) is 10.3 Å². The Morgan fingerprint density at radius 2 is 1.97 bits per heavy atom. The molecule has 1 unspecified atom stereocenters. The Balaban J connectivity index is 1.86. The number of likely N-dealkylation sites (tertiary alicyclic amines) is 1. The number of rotatable bonds is 4. The average molecular weight is 464 g/mol. The second-order valence-corrected chi connectivity index (χ2v) is 7.27. The third-order valence-electron chi connectivity index (χ3n) is 4.67. The number of amides is 2. The molecule has 2 amide bonds. The maximum atomic E-state index is 14.8. The van der Waals surface area contributed by atoms with Gasteiger partial charge < -0.3 is 15.3 Å². The zero-order valence-corrected chi connectivity index (χ0v) is 16.3. The van der Waals surface area contributed by atoms with E-state index in [1.165, 1.54) is 18.3 Å². The van der Waals surface area contributed by atoms with E-state index in [1.54, 1.807) is 0 Å². The van der Waals surface area contributed by atoms with Gasteiger partial charge in [-0.3, -0.25) is 9.59 Å². The second-order valence-electron chi connectivity index (χ2n) is 6.88. The van der Waals surface area contributed by atoms with Crippen LogP contribution in [0.4, 0.5) is 27.6 Å². The summed E-state index contributed by atoms with van der Waals surface area (Å²) >= 11 is 5.70. The Kier molecular flexibility index (Phi) is 6.19. The number of halogens is 6. The first-order valence-electron chi connectivity index (χ1n) is 8.88. The quantitative estimate of drug-likeness (QED) is 0.537. The van der Waals surface area contributed by atoms with Crippen molar-refractivity contribution >= 4 is 29.1 Å². The molecule has 2 N–H and O–H groups in total. The van der Waals surface area contributed by atoms with E-state index in [-0.39, 0.29) is 15.7 Å². The molecule has 166 valence electrons. The van der Waals surface area contributed by atoms with Crippen LogP contribution in [0.5, 0.6) is 0 Å². The van der Waals surface area contributed by atoms with E-state index in [4.69, 9.17) is 11.6 Å². The van der Waals surface area contributed by atoms with Gasteiger partial charge in [0.05, 0.1) is 12.1 Å². The summed E-state index contributed by atoms with van der Waals surface area (Å²) in [6.45, 7) is -2.00. The van der Waals surface area contributed by atoms with Crippen LogP contribution in [0.1, 0.15) is 22.3 Å². The molecule has 12 heteroatoms. The summed E-state index contributed by atoms with van der Waals surface area (Å²) in [4.78, 5) is 28.5. The number of carbonyl (C=O) groups excluding carboxylic acids is 2. The maximum absolute atomic E-state index is 14.8. The number of hydrogen-bond acceptors (Lipinski definition) is 4. The van der Waals surface area contributed by atoms with Crippen LogP contribution >= 0.6 is 11.6 Å². The summed E-state index contributed by atoms with van der Waals surface area (Å²) in [7, 11) is 0. The number of anilines is 1. The van der Waals surface area contributed by atoms with Crippen LogP contribution in [-0.4, -0.2) is 51.9 Å². The number of benzene rings is 1. The molecule has 0 radical (unpaired) electrons. The van der Waals surface area contributed by atoms with E-state index in [0.717, 1.165) is 6.07 Å². The molecule has 0 aliphatic carbocycles. The van der Waals surface area contributed by atoms with Gasteiger partial charge in [-0.2, -0.15) is 8.78 Å². The first-order chi connectivity index (χ1) is 14.4. The molecule has 1 aromatic carbocycles. The number of carbonyl (C=O) groups is 2. The first-order valence-corrected chi connectivity index (χ1v) is 9.25. The van der Waals surface area contributed by atoms with Crippen LogP contribution in [0, 0.1) is 5.82 Å². The van der Waals surface area contributed by atoms with Crippen molar-refractivity contribution in [3.63, 3.8) is 0 Å². The lowest BCUT2D eigenvalue weighted by Gasteiger charge is -2.37. The van der Waals surface area contributed by atoms with Gasteiger partial charge in [0.1, 0.15) is 17.1 Å². The largest absolute Gasteiger partial charge is 0.387 e. The molecule has 1 atom stereocenters. The molecule has 1 saturated heterocycles. The number of aliphatic hydroxyl groups is 1. The van der Waals surface area contributed by atoms with Gasteiger partial charge >= 0.3 is 5.92 Å². The van der Waals surface area contributed by atoms with Crippen molar-refractivity contribution in [1.82, 2.24) is 9.88 Å². The van der Waals surface area contributed by atoms with E-state index >= 15 is 0 Å². The minimum Gasteiger partial charge on any atom is -0.387 e. The lowest BCUT2D eigenvalue weighted by Crippen LogP contribution is -2.56. The van der Waals surface area contributed by atoms with Crippen LogP contribution < -0.4 is 5.32 Å². The SMILES string of the molecule is O=C(Nc1ccnc(Cl)c1)c1ccc(F)c(C(F)(F)C(=O)N2CCC(O)C(F)(F)C2)c1. The minimum absolute atomic E-state index is 0.0539. The van der Waals surface area contributed by atoms with Gasteiger partial charge in [-0.05, 0) is 36.8 Å². The molecule has 6 nitrogen and oxygen atoms in total. The summed E-state index contributed by atoms with van der Waals surface area (Å²) in [6, 6.07) is 4.62. The fourth-order valence-corrected chi connectivity index (χ4v) is 3.18. The highest BCUT2D eigenvalue weighted by Gasteiger charge is 2.52. The molecule has 2 heterocycles. The van der Waals surface area contributed by atoms with Crippen molar-refractivity contribution in [1.29, 1.82) is 0 Å². The predicted octanol–water partition coefficient (Wildman–Crippen LogP) is 3.45. The van der Waals surface area contributed by atoms with Crippen molar-refractivity contribution in [2.24, 2.45) is 0 Å². The number of nitrogens with one attached hydrogen (secondary N) is 1. The Bertz CT molecular complexity index is 1020. The monoisotopic (exact) mass is 463 g/mol. The van der Waals surface area contributed by atoms with Crippen molar-refractivity contribution in [3.8, 4) is 0 Å². The van der Waals surface area contributed by atoms with Gasteiger partial charge in [0.15, 0.2) is 0 Å². The Labute approximate surface area is 177 Å². The Hall–Kier alpha value is -2.79. The highest BCUT2D eigenvalue weighted by molar-refractivity contribution is 6.29. The fraction of sp³-hybridized carbons (Fsp3) is 0.316. The number of alkyl halides is 4. The molecule has 0 spiro atoms. The van der Waals surface area contributed by atoms with Crippen LogP contribution in [0.3, 0.4) is 0 Å². The molecule has 2 aromatic rings. The molecule has 1 aromatic heterocycles. The summed E-state index contributed by atoms with van der Waals surface area (Å²) in [5.74, 6) is -12.8. The van der Waals surface area contributed by atoms with Gasteiger partial charge in [0, 0.05) is 24.0 Å². The number of pyridine rings is 1. The van der Waals surface area contributed by atoms with Crippen molar-refractivity contribution in [3.05, 3.63) is 58.6 Å². The van der Waals surface area contributed by atoms with E-state index in [1.807, 2.05) is 0 Å². The van der Waals surface area contributed by atoms with Crippen molar-refractivity contribution in [2.45, 2.75) is 24.4 Å². The number of piperidine rings is 1. The standard InChI is InChI=1S/C19H15ClF5N3O3/c20-15-8-11(3-5-26-15)27-16(30)10-1-2-13(21)12(7-10)19(24,25)17(31)28-6-4-14(29)18(22,23)9-28/h1-3,5,7-8,14,29H,4,6,9H2,(H,26,27,30). The second kappa shape index (κ2) is 8.39. The molecule has 0 saturated carbocycles. The summed E-state index contributed by atoms with van der Waals surface area (Å²) < 4.78 is 71.0. The van der Waals surface area contributed by atoms with Gasteiger partial charge in [0.25, 0.3) is 17.7 Å². The van der Waals surface area contributed by atoms with Crippen LogP contribution in [-0.2, 0) is 10.7 Å². The van der Waals surface area contributed by atoms with Gasteiger partial charge in [0.2, 0.25) is 0 Å². The number of nitrogens with zero attached hydrogens (tertiary/aromatic N) is 2. The predicted molar refractivity (Wildman–Crippen MR) is 99.6 cm³/mol. The molecule has 0 bridgehead atoms. The summed E-state index contributed by atoms with van der Waals surface area (Å²) in [6.07, 6.45) is -1.41. The van der Waals surface area contributed by atoms with Crippen LogP contribution in [0.15, 0.2) is 36.5 Å². The first kappa shape index (κ1) is 22.9. The van der Waals surface area contributed by atoms with Crippen LogP contribution in [0.25, 0.3) is 0 Å². The average Bonchev–Trinajstić information content (AvgIpc) is 2.69. The zero-order valence-electron chi connectivity index (χ0n) is 15.6. The summed E-state index contributed by atoms with van der Waals surface area (Å²) in [5, 5.41) is 11.7. The molecule has 1 aliphatic heterocycles. The molecule has 1 aliphatic rings. The highest BCUT2D eigenvalue weighted by atomic mass is 35.5. The molecule has 3 rings (SSSR count). The fourth-order valence-electron chi connectivity index (χ4n) is 3.01.